The number of phenolic OH excluding ortho intramolecular Hbond substituents is 1. The van der Waals surface area contributed by atoms with Crippen molar-refractivity contribution < 1.29 is 13.9 Å². The molecule has 2 aromatic carbocycles. The van der Waals surface area contributed by atoms with Crippen LogP contribution in [-0.4, -0.2) is 5.11 Å². The molecule has 0 saturated carbocycles. The largest absolute Gasteiger partial charge is 0.506 e. The van der Waals surface area contributed by atoms with Crippen molar-refractivity contribution in [1.29, 1.82) is 0 Å². The van der Waals surface area contributed by atoms with Crippen molar-refractivity contribution in [1.82, 2.24) is 5.32 Å². The predicted molar refractivity (Wildman–Crippen MR) is 75.0 cm³/mol. The number of hydrogen-bond acceptors (Lipinski definition) is 2. The summed E-state index contributed by atoms with van der Waals surface area (Å²) >= 11 is 11.6. The average molecular weight is 318 g/mol. The van der Waals surface area contributed by atoms with E-state index in [1.165, 1.54) is 18.2 Å². The molecule has 2 N–H and O–H groups in total. The van der Waals surface area contributed by atoms with E-state index >= 15 is 0 Å². The molecule has 0 heterocycles. The smallest absolute Gasteiger partial charge is 0.138 e. The minimum atomic E-state index is -0.620. The van der Waals surface area contributed by atoms with Crippen LogP contribution in [0.15, 0.2) is 30.3 Å². The minimum Gasteiger partial charge on any atom is -0.506 e. The van der Waals surface area contributed by atoms with E-state index in [4.69, 9.17) is 23.2 Å². The van der Waals surface area contributed by atoms with Gasteiger partial charge in [0.05, 0.1) is 5.02 Å². The number of halogens is 4. The average Bonchev–Trinajstić information content (AvgIpc) is 2.37. The van der Waals surface area contributed by atoms with Gasteiger partial charge in [0.25, 0.3) is 0 Å². The first-order valence-electron chi connectivity index (χ1n) is 5.79. The van der Waals surface area contributed by atoms with E-state index in [0.29, 0.717) is 16.1 Å². The van der Waals surface area contributed by atoms with Crippen molar-refractivity contribution in [3.05, 3.63) is 63.1 Å². The monoisotopic (exact) mass is 317 g/mol. The van der Waals surface area contributed by atoms with E-state index in [9.17, 15) is 13.9 Å². The molecule has 0 bridgehead atoms. The van der Waals surface area contributed by atoms with Crippen molar-refractivity contribution in [3.63, 3.8) is 0 Å². The quantitative estimate of drug-likeness (QED) is 0.882. The Bertz CT molecular complexity index is 635. The van der Waals surface area contributed by atoms with Gasteiger partial charge in [0.2, 0.25) is 0 Å². The van der Waals surface area contributed by atoms with Crippen LogP contribution in [0.5, 0.6) is 5.75 Å². The van der Waals surface area contributed by atoms with Gasteiger partial charge in [-0.05, 0) is 18.2 Å². The Morgan fingerprint density at radius 1 is 1.00 bits per heavy atom. The second-order valence-electron chi connectivity index (χ2n) is 4.23. The standard InChI is InChI=1S/C14H11Cl2F2NO/c15-10-3-9(14(20)12(16)4-10)7-19-6-8-1-2-11(17)5-13(8)18/h1-5,19-20H,6-7H2. The summed E-state index contributed by atoms with van der Waals surface area (Å²) < 4.78 is 26.2. The van der Waals surface area contributed by atoms with Gasteiger partial charge in [-0.3, -0.25) is 0 Å². The molecule has 0 aliphatic rings. The van der Waals surface area contributed by atoms with Gasteiger partial charge >= 0.3 is 0 Å². The highest BCUT2D eigenvalue weighted by atomic mass is 35.5. The summed E-state index contributed by atoms with van der Waals surface area (Å²) in [5.74, 6) is -1.31. The first-order chi connectivity index (χ1) is 9.47. The third-order valence-electron chi connectivity index (χ3n) is 2.75. The highest BCUT2D eigenvalue weighted by molar-refractivity contribution is 6.35. The summed E-state index contributed by atoms with van der Waals surface area (Å²) in [6.45, 7) is 0.443. The van der Waals surface area contributed by atoms with E-state index in [2.05, 4.69) is 5.32 Å². The van der Waals surface area contributed by atoms with Gasteiger partial charge < -0.3 is 10.4 Å². The zero-order chi connectivity index (χ0) is 14.7. The van der Waals surface area contributed by atoms with Gasteiger partial charge in [0, 0.05) is 35.3 Å². The molecule has 0 aliphatic carbocycles. The number of nitrogens with one attached hydrogen (secondary N) is 1. The van der Waals surface area contributed by atoms with E-state index < -0.39 is 11.6 Å². The van der Waals surface area contributed by atoms with Crippen molar-refractivity contribution in [3.8, 4) is 5.75 Å². The zero-order valence-electron chi connectivity index (χ0n) is 10.3. The molecule has 106 valence electrons. The second kappa shape index (κ2) is 6.39. The third kappa shape index (κ3) is 3.60. The van der Waals surface area contributed by atoms with Crippen LogP contribution in [0.1, 0.15) is 11.1 Å². The Kier molecular flexibility index (Phi) is 4.81. The summed E-state index contributed by atoms with van der Waals surface area (Å²) in [7, 11) is 0. The number of aromatic hydroxyl groups is 1. The van der Waals surface area contributed by atoms with Crippen LogP contribution in [0.2, 0.25) is 10.0 Å². The lowest BCUT2D eigenvalue weighted by atomic mass is 10.1. The molecular weight excluding hydrogens is 307 g/mol. The lowest BCUT2D eigenvalue weighted by molar-refractivity contribution is 0.464. The second-order valence-corrected chi connectivity index (χ2v) is 5.08. The normalized spacial score (nSPS) is 10.8. The van der Waals surface area contributed by atoms with E-state index in [1.807, 2.05) is 0 Å². The van der Waals surface area contributed by atoms with Crippen LogP contribution in [0, 0.1) is 11.6 Å². The summed E-state index contributed by atoms with van der Waals surface area (Å²) in [5, 5.41) is 13.2. The van der Waals surface area contributed by atoms with E-state index in [1.54, 1.807) is 6.07 Å². The van der Waals surface area contributed by atoms with Crippen LogP contribution in [0.4, 0.5) is 8.78 Å². The highest BCUT2D eigenvalue weighted by Crippen LogP contribution is 2.31. The highest BCUT2D eigenvalue weighted by Gasteiger charge is 2.08. The number of rotatable bonds is 4. The lowest BCUT2D eigenvalue weighted by Gasteiger charge is -2.09. The molecule has 0 unspecified atom stereocenters. The summed E-state index contributed by atoms with van der Waals surface area (Å²) in [6.07, 6.45) is 0. The Balaban J connectivity index is 2.03. The Labute approximate surface area is 125 Å². The van der Waals surface area contributed by atoms with Crippen molar-refractivity contribution in [2.24, 2.45) is 0 Å². The van der Waals surface area contributed by atoms with Crippen LogP contribution >= 0.6 is 23.2 Å². The molecule has 0 amide bonds. The van der Waals surface area contributed by atoms with E-state index in [-0.39, 0.29) is 23.9 Å². The molecule has 0 aromatic heterocycles. The SMILES string of the molecule is Oc1c(Cl)cc(Cl)cc1CNCc1ccc(F)cc1F. The Morgan fingerprint density at radius 2 is 1.70 bits per heavy atom. The van der Waals surface area contributed by atoms with Gasteiger partial charge in [-0.2, -0.15) is 0 Å². The maximum absolute atomic E-state index is 13.4. The fourth-order valence-electron chi connectivity index (χ4n) is 1.75. The Hall–Kier alpha value is -1.36. The van der Waals surface area contributed by atoms with Crippen LogP contribution in [0.25, 0.3) is 0 Å². The molecule has 0 aliphatic heterocycles. The first-order valence-corrected chi connectivity index (χ1v) is 6.54. The molecule has 0 atom stereocenters. The van der Waals surface area contributed by atoms with Crippen LogP contribution in [-0.2, 0) is 13.1 Å². The molecule has 20 heavy (non-hydrogen) atoms. The molecule has 2 aromatic rings. The minimum absolute atomic E-state index is 0.0665. The van der Waals surface area contributed by atoms with Crippen molar-refractivity contribution in [2.75, 3.05) is 0 Å². The molecule has 0 radical (unpaired) electrons. The zero-order valence-corrected chi connectivity index (χ0v) is 11.8. The van der Waals surface area contributed by atoms with Gasteiger partial charge in [-0.15, -0.1) is 0 Å². The summed E-state index contributed by atoms with van der Waals surface area (Å²) in [5.41, 5.74) is 0.837. The summed E-state index contributed by atoms with van der Waals surface area (Å²) in [4.78, 5) is 0. The molecular formula is C14H11Cl2F2NO. The molecule has 6 heteroatoms. The van der Waals surface area contributed by atoms with E-state index in [0.717, 1.165) is 6.07 Å². The van der Waals surface area contributed by atoms with Crippen molar-refractivity contribution >= 4 is 23.2 Å². The number of hydrogen-bond donors (Lipinski definition) is 2. The van der Waals surface area contributed by atoms with Gasteiger partial charge in [0.15, 0.2) is 0 Å². The summed E-state index contributed by atoms with van der Waals surface area (Å²) in [6, 6.07) is 6.37. The molecule has 0 spiro atoms. The van der Waals surface area contributed by atoms with Crippen molar-refractivity contribution in [2.45, 2.75) is 13.1 Å². The topological polar surface area (TPSA) is 32.3 Å². The predicted octanol–water partition coefficient (Wildman–Crippen LogP) is 4.27. The number of benzene rings is 2. The Morgan fingerprint density at radius 3 is 2.40 bits per heavy atom. The lowest BCUT2D eigenvalue weighted by Crippen LogP contribution is -2.14. The maximum atomic E-state index is 13.4. The molecule has 2 rings (SSSR count). The fourth-order valence-corrected chi connectivity index (χ4v) is 2.29. The third-order valence-corrected chi connectivity index (χ3v) is 3.26. The number of phenols is 1. The molecule has 2 nitrogen and oxygen atoms in total. The van der Waals surface area contributed by atoms with Crippen LogP contribution < -0.4 is 5.32 Å². The first kappa shape index (κ1) is 15.0. The molecule has 0 fully saturated rings. The van der Waals surface area contributed by atoms with Gasteiger partial charge in [-0.1, -0.05) is 29.3 Å². The molecule has 0 saturated heterocycles. The van der Waals surface area contributed by atoms with Crippen LogP contribution in [0.3, 0.4) is 0 Å². The fraction of sp³-hybridized carbons (Fsp3) is 0.143. The maximum Gasteiger partial charge on any atom is 0.138 e. The van der Waals surface area contributed by atoms with Gasteiger partial charge in [0.1, 0.15) is 17.4 Å². The van der Waals surface area contributed by atoms with Gasteiger partial charge in [-0.25, -0.2) is 8.78 Å².